The summed E-state index contributed by atoms with van der Waals surface area (Å²) in [6.07, 6.45) is 16.6. The number of nitrogens with zero attached hydrogens (tertiary/aromatic N) is 3. The van der Waals surface area contributed by atoms with Gasteiger partial charge in [0.25, 0.3) is 0 Å². The van der Waals surface area contributed by atoms with Crippen LogP contribution in [0.4, 0.5) is 0 Å². The summed E-state index contributed by atoms with van der Waals surface area (Å²) in [6.45, 7) is 11.1. The Hall–Kier alpha value is -5.49. The molecule has 6 nitrogen and oxygen atoms in total. The lowest BCUT2D eigenvalue weighted by molar-refractivity contribution is 0.362. The van der Waals surface area contributed by atoms with E-state index in [0.29, 0.717) is 17.2 Å². The van der Waals surface area contributed by atoms with E-state index in [-0.39, 0.29) is 18.0 Å². The van der Waals surface area contributed by atoms with Crippen molar-refractivity contribution in [1.82, 2.24) is 15.0 Å². The van der Waals surface area contributed by atoms with Gasteiger partial charge in [-0.2, -0.15) is 0 Å². The molecule has 0 saturated carbocycles. The van der Waals surface area contributed by atoms with E-state index in [4.69, 9.17) is 14.2 Å². The molecule has 0 saturated heterocycles. The lowest BCUT2D eigenvalue weighted by Crippen LogP contribution is -2.01. The summed E-state index contributed by atoms with van der Waals surface area (Å²) in [4.78, 5) is 13.0. The minimum Gasteiger partial charge on any atom is -0.424 e. The molecule has 1 aromatic heterocycles. The van der Waals surface area contributed by atoms with E-state index >= 15 is 0 Å². The average Bonchev–Trinajstić information content (AvgIpc) is 2.96. The summed E-state index contributed by atoms with van der Waals surface area (Å²) < 4.78 is 17.8. The molecule has 0 aliphatic carbocycles. The van der Waals surface area contributed by atoms with Gasteiger partial charge >= 0.3 is 18.0 Å². The van der Waals surface area contributed by atoms with Crippen LogP contribution in [0.3, 0.4) is 0 Å². The lowest BCUT2D eigenvalue weighted by Gasteiger charge is -2.10. The Kier molecular flexibility index (Phi) is 9.34. The molecule has 0 spiro atoms. The van der Waals surface area contributed by atoms with Crippen LogP contribution in [-0.4, -0.2) is 15.0 Å². The zero-order chi connectivity index (χ0) is 27.3. The maximum atomic E-state index is 5.92. The highest BCUT2D eigenvalue weighted by Crippen LogP contribution is 2.27. The normalized spacial score (nSPS) is 11.1. The zero-order valence-corrected chi connectivity index (χ0v) is 21.3. The lowest BCUT2D eigenvalue weighted by atomic mass is 10.2. The van der Waals surface area contributed by atoms with Crippen molar-refractivity contribution in [1.29, 1.82) is 0 Å². The van der Waals surface area contributed by atoms with Crippen molar-refractivity contribution in [3.8, 4) is 35.3 Å². The van der Waals surface area contributed by atoms with Gasteiger partial charge in [0.1, 0.15) is 17.2 Å². The van der Waals surface area contributed by atoms with Crippen LogP contribution in [0, 0.1) is 0 Å². The molecule has 0 atom stereocenters. The highest BCUT2D eigenvalue weighted by Gasteiger charge is 2.13. The topological polar surface area (TPSA) is 66.4 Å². The molecular formula is C33H27N3O3. The largest absolute Gasteiger partial charge is 0.424 e. The van der Waals surface area contributed by atoms with E-state index < -0.39 is 0 Å². The summed E-state index contributed by atoms with van der Waals surface area (Å²) in [5.74, 6) is 1.64. The Morgan fingerprint density at radius 2 is 0.667 bits per heavy atom. The molecule has 3 aromatic carbocycles. The predicted molar refractivity (Wildman–Crippen MR) is 157 cm³/mol. The van der Waals surface area contributed by atoms with Crippen molar-refractivity contribution in [2.24, 2.45) is 0 Å². The Balaban J connectivity index is 1.59. The summed E-state index contributed by atoms with van der Waals surface area (Å²) in [5, 5.41) is 0. The second-order valence-corrected chi connectivity index (χ2v) is 7.98. The van der Waals surface area contributed by atoms with Gasteiger partial charge < -0.3 is 14.2 Å². The summed E-state index contributed by atoms with van der Waals surface area (Å²) >= 11 is 0. The van der Waals surface area contributed by atoms with E-state index in [0.717, 1.165) is 16.7 Å². The first-order valence-corrected chi connectivity index (χ1v) is 12.1. The van der Waals surface area contributed by atoms with Gasteiger partial charge in [-0.3, -0.25) is 0 Å². The number of hydrogen-bond acceptors (Lipinski definition) is 6. The fourth-order valence-corrected chi connectivity index (χ4v) is 3.25. The van der Waals surface area contributed by atoms with Crippen LogP contribution in [0.2, 0.25) is 0 Å². The van der Waals surface area contributed by atoms with E-state index in [9.17, 15) is 0 Å². The van der Waals surface area contributed by atoms with Crippen molar-refractivity contribution in [3.63, 3.8) is 0 Å². The molecular weight excluding hydrogens is 486 g/mol. The number of allylic oxidation sites excluding steroid dienone is 6. The molecule has 4 aromatic rings. The minimum absolute atomic E-state index is 0.0282. The van der Waals surface area contributed by atoms with E-state index in [1.54, 1.807) is 18.2 Å². The van der Waals surface area contributed by atoms with Crippen LogP contribution in [0.15, 0.2) is 129 Å². The first kappa shape index (κ1) is 26.6. The molecule has 0 aliphatic heterocycles. The first-order valence-electron chi connectivity index (χ1n) is 12.1. The van der Waals surface area contributed by atoms with Gasteiger partial charge in [-0.1, -0.05) is 111 Å². The fourth-order valence-electron chi connectivity index (χ4n) is 3.25. The van der Waals surface area contributed by atoms with Crippen LogP contribution in [0.5, 0.6) is 35.3 Å². The Labute approximate surface area is 228 Å². The Morgan fingerprint density at radius 1 is 0.410 bits per heavy atom. The molecule has 0 bridgehead atoms. The van der Waals surface area contributed by atoms with Gasteiger partial charge in [-0.25, -0.2) is 0 Å². The molecule has 192 valence electrons. The van der Waals surface area contributed by atoms with E-state index in [1.807, 2.05) is 109 Å². The number of rotatable bonds is 12. The second-order valence-electron chi connectivity index (χ2n) is 7.98. The molecule has 39 heavy (non-hydrogen) atoms. The molecule has 0 amide bonds. The van der Waals surface area contributed by atoms with Crippen LogP contribution >= 0.6 is 0 Å². The number of aromatic nitrogens is 3. The van der Waals surface area contributed by atoms with Crippen molar-refractivity contribution in [2.75, 3.05) is 0 Å². The van der Waals surface area contributed by atoms with Gasteiger partial charge in [0, 0.05) is 0 Å². The molecule has 0 radical (unpaired) electrons. The predicted octanol–water partition coefficient (Wildman–Crippen LogP) is 8.85. The molecule has 1 heterocycles. The van der Waals surface area contributed by atoms with Gasteiger partial charge in [0.05, 0.1) is 0 Å². The molecule has 4 rings (SSSR count). The quantitative estimate of drug-likeness (QED) is 0.176. The van der Waals surface area contributed by atoms with Crippen molar-refractivity contribution < 1.29 is 14.2 Å². The Bertz CT molecular complexity index is 1310. The molecule has 6 heteroatoms. The molecule has 0 fully saturated rings. The van der Waals surface area contributed by atoms with E-state index in [1.165, 1.54) is 0 Å². The highest BCUT2D eigenvalue weighted by molar-refractivity contribution is 5.54. The Morgan fingerprint density at radius 3 is 0.897 bits per heavy atom. The smallest absolute Gasteiger partial charge is 0.331 e. The highest BCUT2D eigenvalue weighted by atomic mass is 16.5. The average molecular weight is 514 g/mol. The third-order valence-corrected chi connectivity index (χ3v) is 5.12. The third-order valence-electron chi connectivity index (χ3n) is 5.12. The maximum Gasteiger partial charge on any atom is 0.331 e. The third kappa shape index (κ3) is 8.27. The maximum absolute atomic E-state index is 5.92. The van der Waals surface area contributed by atoms with Crippen molar-refractivity contribution in [3.05, 3.63) is 146 Å². The van der Waals surface area contributed by atoms with Crippen molar-refractivity contribution in [2.45, 2.75) is 0 Å². The first-order chi connectivity index (χ1) is 19.1. The zero-order valence-electron chi connectivity index (χ0n) is 21.3. The molecule has 0 unspecified atom stereocenters. The SMILES string of the molecule is C=CC=Cc1ccc(Oc2nc(Oc3ccc(C=CC=C)cc3)nc(Oc3ccc(C=CC=C)cc3)n2)cc1. The fraction of sp³-hybridized carbons (Fsp3) is 0. The van der Waals surface area contributed by atoms with Crippen LogP contribution in [0.25, 0.3) is 18.2 Å². The van der Waals surface area contributed by atoms with Crippen molar-refractivity contribution >= 4 is 18.2 Å². The van der Waals surface area contributed by atoms with Gasteiger partial charge in [-0.05, 0) is 53.1 Å². The van der Waals surface area contributed by atoms with Gasteiger partial charge in [0.2, 0.25) is 0 Å². The molecule has 0 aliphatic rings. The summed E-state index contributed by atoms with van der Waals surface area (Å²) in [7, 11) is 0. The molecule has 0 N–H and O–H groups in total. The number of benzene rings is 3. The van der Waals surface area contributed by atoms with Gasteiger partial charge in [0.15, 0.2) is 0 Å². The second kappa shape index (κ2) is 13.7. The standard InChI is InChI=1S/C33H27N3O3/c1-4-7-10-25-13-19-28(20-14-25)37-31-34-32(38-29-21-15-26(16-22-29)11-8-5-2)36-33(35-31)39-30-23-17-27(18-24-30)12-9-6-3/h4-24H,1-3H2. The van der Waals surface area contributed by atoms with Crippen LogP contribution in [0.1, 0.15) is 16.7 Å². The summed E-state index contributed by atoms with van der Waals surface area (Å²) in [6, 6.07) is 22.5. The summed E-state index contributed by atoms with van der Waals surface area (Å²) in [5.41, 5.74) is 3.01. The number of ether oxygens (including phenoxy) is 3. The van der Waals surface area contributed by atoms with Crippen LogP contribution < -0.4 is 14.2 Å². The van der Waals surface area contributed by atoms with Crippen LogP contribution in [-0.2, 0) is 0 Å². The minimum atomic E-state index is 0.0282. The van der Waals surface area contributed by atoms with E-state index in [2.05, 4.69) is 34.7 Å². The van der Waals surface area contributed by atoms with Gasteiger partial charge in [-0.15, -0.1) is 15.0 Å². The number of hydrogen-bond donors (Lipinski definition) is 0. The monoisotopic (exact) mass is 513 g/mol.